The van der Waals surface area contributed by atoms with E-state index in [0.29, 0.717) is 11.7 Å². The fraction of sp³-hybridized carbons (Fsp3) is 0.667. The largest absolute Gasteiger partial charge is 0.299 e. The zero-order chi connectivity index (χ0) is 7.14. The second-order valence-electron chi connectivity index (χ2n) is 3.53. The SMILES string of the molecule is C[C@H]1C[C@H]2C=C[C@H](C2)C1=O. The topological polar surface area (TPSA) is 17.1 Å². The number of allylic oxidation sites excluding steroid dienone is 2. The van der Waals surface area contributed by atoms with Crippen molar-refractivity contribution in [2.45, 2.75) is 19.8 Å². The van der Waals surface area contributed by atoms with Crippen LogP contribution in [-0.2, 0) is 4.79 Å². The molecule has 0 aromatic rings. The van der Waals surface area contributed by atoms with Crippen LogP contribution in [0.2, 0.25) is 0 Å². The van der Waals surface area contributed by atoms with Crippen molar-refractivity contribution in [2.75, 3.05) is 0 Å². The molecule has 0 amide bonds. The Kier molecular flexibility index (Phi) is 1.19. The first-order valence-electron chi connectivity index (χ1n) is 3.99. The van der Waals surface area contributed by atoms with Crippen molar-refractivity contribution in [2.24, 2.45) is 17.8 Å². The molecule has 0 unspecified atom stereocenters. The highest BCUT2D eigenvalue weighted by Gasteiger charge is 2.34. The zero-order valence-electron chi connectivity index (χ0n) is 6.21. The summed E-state index contributed by atoms with van der Waals surface area (Å²) in [6, 6.07) is 0. The van der Waals surface area contributed by atoms with Crippen molar-refractivity contribution < 1.29 is 4.79 Å². The summed E-state index contributed by atoms with van der Waals surface area (Å²) in [7, 11) is 0. The molecule has 0 radical (unpaired) electrons. The van der Waals surface area contributed by atoms with Gasteiger partial charge in [0, 0.05) is 11.8 Å². The van der Waals surface area contributed by atoms with Gasteiger partial charge in [-0.25, -0.2) is 0 Å². The van der Waals surface area contributed by atoms with Crippen molar-refractivity contribution in [1.29, 1.82) is 0 Å². The van der Waals surface area contributed by atoms with Gasteiger partial charge < -0.3 is 0 Å². The third kappa shape index (κ3) is 0.731. The van der Waals surface area contributed by atoms with Crippen molar-refractivity contribution >= 4 is 5.78 Å². The van der Waals surface area contributed by atoms with E-state index in [-0.39, 0.29) is 5.92 Å². The van der Waals surface area contributed by atoms with Gasteiger partial charge in [-0.05, 0) is 18.8 Å². The number of carbonyl (C=O) groups is 1. The summed E-state index contributed by atoms with van der Waals surface area (Å²) in [6.07, 6.45) is 6.50. The van der Waals surface area contributed by atoms with E-state index in [2.05, 4.69) is 19.1 Å². The molecule has 3 atom stereocenters. The quantitative estimate of drug-likeness (QED) is 0.464. The lowest BCUT2D eigenvalue weighted by molar-refractivity contribution is -0.127. The maximum atomic E-state index is 11.3. The van der Waals surface area contributed by atoms with Crippen molar-refractivity contribution in [3.8, 4) is 0 Å². The molecule has 10 heavy (non-hydrogen) atoms. The molecule has 2 aliphatic carbocycles. The number of rotatable bonds is 0. The molecule has 0 spiro atoms. The predicted molar refractivity (Wildman–Crippen MR) is 39.5 cm³/mol. The molecule has 1 nitrogen and oxygen atoms in total. The average molecular weight is 136 g/mol. The van der Waals surface area contributed by atoms with Gasteiger partial charge in [0.1, 0.15) is 5.78 Å². The first-order chi connectivity index (χ1) is 4.77. The van der Waals surface area contributed by atoms with Gasteiger partial charge in [-0.3, -0.25) is 4.79 Å². The summed E-state index contributed by atoms with van der Waals surface area (Å²) >= 11 is 0. The van der Waals surface area contributed by atoms with Gasteiger partial charge in [0.15, 0.2) is 0 Å². The molecule has 1 heteroatoms. The minimum atomic E-state index is 0.286. The van der Waals surface area contributed by atoms with Crippen LogP contribution in [-0.4, -0.2) is 5.78 Å². The number of Topliss-reactive ketones (excluding diaryl/α,β-unsaturated/α-hetero) is 1. The standard InChI is InChI=1S/C9H12O/c1-6-4-7-2-3-8(5-7)9(6)10/h2-3,6-8H,4-5H2,1H3/t6-,7+,8+/m0/s1. The Hall–Kier alpha value is -0.590. The fourth-order valence-corrected chi connectivity index (χ4v) is 2.10. The van der Waals surface area contributed by atoms with Gasteiger partial charge in [-0.1, -0.05) is 19.1 Å². The minimum Gasteiger partial charge on any atom is -0.299 e. The van der Waals surface area contributed by atoms with E-state index >= 15 is 0 Å². The minimum absolute atomic E-state index is 0.286. The zero-order valence-corrected chi connectivity index (χ0v) is 6.21. The molecule has 0 heterocycles. The number of fused-ring (bicyclic) bond motifs is 2. The van der Waals surface area contributed by atoms with Gasteiger partial charge in [0.2, 0.25) is 0 Å². The smallest absolute Gasteiger partial charge is 0.142 e. The normalized spacial score (nSPS) is 44.5. The average Bonchev–Trinajstić information content (AvgIpc) is 2.29. The third-order valence-electron chi connectivity index (χ3n) is 2.68. The molecule has 0 N–H and O–H groups in total. The van der Waals surface area contributed by atoms with E-state index in [1.54, 1.807) is 0 Å². The molecule has 2 bridgehead atoms. The summed E-state index contributed by atoms with van der Waals surface area (Å²) in [5.74, 6) is 1.79. The highest BCUT2D eigenvalue weighted by atomic mass is 16.1. The Bertz CT molecular complexity index is 193. The van der Waals surface area contributed by atoms with Gasteiger partial charge >= 0.3 is 0 Å². The van der Waals surface area contributed by atoms with Crippen LogP contribution in [0.4, 0.5) is 0 Å². The molecule has 1 saturated carbocycles. The van der Waals surface area contributed by atoms with E-state index in [1.165, 1.54) is 0 Å². The highest BCUT2D eigenvalue weighted by Crippen LogP contribution is 2.36. The number of ketones is 1. The summed E-state index contributed by atoms with van der Waals surface area (Å²) in [5, 5.41) is 0. The van der Waals surface area contributed by atoms with E-state index in [0.717, 1.165) is 18.8 Å². The molecule has 2 rings (SSSR count). The van der Waals surface area contributed by atoms with E-state index in [4.69, 9.17) is 0 Å². The molecule has 0 aromatic carbocycles. The molecule has 54 valence electrons. The van der Waals surface area contributed by atoms with Crippen LogP contribution in [0.1, 0.15) is 19.8 Å². The Morgan fingerprint density at radius 1 is 1.40 bits per heavy atom. The number of hydrogen-bond donors (Lipinski definition) is 0. The maximum absolute atomic E-state index is 11.3. The van der Waals surface area contributed by atoms with Gasteiger partial charge in [-0.2, -0.15) is 0 Å². The summed E-state index contributed by atoms with van der Waals surface area (Å²) in [4.78, 5) is 11.3. The van der Waals surface area contributed by atoms with Crippen molar-refractivity contribution in [3.63, 3.8) is 0 Å². The van der Waals surface area contributed by atoms with Crippen LogP contribution in [0, 0.1) is 17.8 Å². The second kappa shape index (κ2) is 1.94. The number of carbonyl (C=O) groups excluding carboxylic acids is 1. The van der Waals surface area contributed by atoms with E-state index in [9.17, 15) is 4.79 Å². The highest BCUT2D eigenvalue weighted by molar-refractivity contribution is 5.86. The molecular weight excluding hydrogens is 124 g/mol. The van der Waals surface area contributed by atoms with Crippen molar-refractivity contribution in [3.05, 3.63) is 12.2 Å². The molecule has 2 aliphatic rings. The van der Waals surface area contributed by atoms with Crippen LogP contribution in [0.15, 0.2) is 12.2 Å². The molecular formula is C9H12O. The summed E-state index contributed by atoms with van der Waals surface area (Å²) in [5.41, 5.74) is 0. The first-order valence-corrected chi connectivity index (χ1v) is 3.99. The predicted octanol–water partition coefficient (Wildman–Crippen LogP) is 1.79. The lowest BCUT2D eigenvalue weighted by Crippen LogP contribution is -2.25. The summed E-state index contributed by atoms with van der Waals surface area (Å²) in [6.45, 7) is 2.05. The van der Waals surface area contributed by atoms with Gasteiger partial charge in [-0.15, -0.1) is 0 Å². The van der Waals surface area contributed by atoms with E-state index < -0.39 is 0 Å². The molecule has 1 fully saturated rings. The van der Waals surface area contributed by atoms with Crippen molar-refractivity contribution in [1.82, 2.24) is 0 Å². The molecule has 0 aliphatic heterocycles. The van der Waals surface area contributed by atoms with Crippen LogP contribution in [0.25, 0.3) is 0 Å². The fourth-order valence-electron chi connectivity index (χ4n) is 2.10. The Labute approximate surface area is 61.1 Å². The van der Waals surface area contributed by atoms with E-state index in [1.807, 2.05) is 0 Å². The monoisotopic (exact) mass is 136 g/mol. The maximum Gasteiger partial charge on any atom is 0.142 e. The van der Waals surface area contributed by atoms with Crippen LogP contribution < -0.4 is 0 Å². The lowest BCUT2D eigenvalue weighted by atomic mass is 9.80. The first kappa shape index (κ1) is 6.14. The third-order valence-corrected chi connectivity index (χ3v) is 2.68. The summed E-state index contributed by atoms with van der Waals surface area (Å²) < 4.78 is 0. The van der Waals surface area contributed by atoms with Gasteiger partial charge in [0.05, 0.1) is 0 Å². The number of hydrogen-bond acceptors (Lipinski definition) is 1. The molecule has 0 saturated heterocycles. The van der Waals surface area contributed by atoms with Gasteiger partial charge in [0.25, 0.3) is 0 Å². The second-order valence-corrected chi connectivity index (χ2v) is 3.53. The van der Waals surface area contributed by atoms with Crippen LogP contribution >= 0.6 is 0 Å². The Morgan fingerprint density at radius 3 is 3.00 bits per heavy atom. The lowest BCUT2D eigenvalue weighted by Gasteiger charge is -2.23. The van der Waals surface area contributed by atoms with Crippen LogP contribution in [0.5, 0.6) is 0 Å². The molecule has 0 aromatic heterocycles. The van der Waals surface area contributed by atoms with Crippen LogP contribution in [0.3, 0.4) is 0 Å². The Balaban J connectivity index is 2.24. The Morgan fingerprint density at radius 2 is 2.20 bits per heavy atom.